The topological polar surface area (TPSA) is 118 Å². The van der Waals surface area contributed by atoms with Crippen LogP contribution in [-0.4, -0.2) is 28.2 Å². The number of amides is 1. The summed E-state index contributed by atoms with van der Waals surface area (Å²) in [6, 6.07) is 8.76. The number of H-pyrrole nitrogens is 1. The Hall–Kier alpha value is -4.33. The number of fused-ring (bicyclic) bond motifs is 1. The molecule has 2 heterocycles. The number of nitrogens with one attached hydrogen (secondary N) is 3. The number of aromatic nitrogens is 3. The number of ether oxygens (including phenoxy) is 1. The molecule has 0 radical (unpaired) electrons. The van der Waals surface area contributed by atoms with Crippen molar-refractivity contribution < 1.29 is 35.9 Å². The molecule has 37 heavy (non-hydrogen) atoms. The molecule has 0 bridgehead atoms. The zero-order chi connectivity index (χ0) is 27.0. The summed E-state index contributed by atoms with van der Waals surface area (Å²) >= 11 is 0. The Morgan fingerprint density at radius 3 is 2.51 bits per heavy atom. The molecule has 0 aliphatic heterocycles. The minimum Gasteiger partial charge on any atom is -0.453 e. The number of carbonyl (C=O) groups is 1. The average Bonchev–Trinajstić information content (AvgIpc) is 3.26. The van der Waals surface area contributed by atoms with Crippen LogP contribution in [0.25, 0.3) is 22.2 Å². The van der Waals surface area contributed by atoms with Crippen LogP contribution in [0.5, 0.6) is 0 Å². The van der Waals surface area contributed by atoms with Crippen molar-refractivity contribution in [2.45, 2.75) is 18.9 Å². The maximum atomic E-state index is 13.9. The second kappa shape index (κ2) is 9.61. The number of carbonyl (C=O) groups excluding carboxylic acids is 1. The van der Waals surface area contributed by atoms with Gasteiger partial charge in [-0.1, -0.05) is 18.2 Å². The van der Waals surface area contributed by atoms with Crippen LogP contribution in [0.1, 0.15) is 16.7 Å². The molecule has 194 valence electrons. The Morgan fingerprint density at radius 1 is 1.11 bits per heavy atom. The van der Waals surface area contributed by atoms with E-state index in [4.69, 9.17) is 5.73 Å². The first kappa shape index (κ1) is 25.8. The van der Waals surface area contributed by atoms with Crippen molar-refractivity contribution in [3.63, 3.8) is 0 Å². The molecule has 0 unspecified atom stereocenters. The Morgan fingerprint density at radius 2 is 1.86 bits per heavy atom. The number of anilines is 3. The van der Waals surface area contributed by atoms with Gasteiger partial charge < -0.3 is 20.8 Å². The number of nitrogens with two attached hydrogens (primary N) is 1. The van der Waals surface area contributed by atoms with E-state index in [1.54, 1.807) is 24.3 Å². The van der Waals surface area contributed by atoms with Crippen molar-refractivity contribution in [1.82, 2.24) is 15.0 Å². The van der Waals surface area contributed by atoms with Crippen LogP contribution >= 0.6 is 0 Å². The number of benzene rings is 2. The number of halogens is 6. The quantitative estimate of drug-likeness (QED) is 0.236. The Balaban J connectivity index is 1.88. The first-order valence-corrected chi connectivity index (χ1v) is 10.5. The molecule has 4 rings (SSSR count). The monoisotopic (exact) mass is 524 g/mol. The van der Waals surface area contributed by atoms with E-state index < -0.39 is 46.5 Å². The van der Waals surface area contributed by atoms with E-state index in [0.717, 1.165) is 31.0 Å². The van der Waals surface area contributed by atoms with Crippen LogP contribution in [0.2, 0.25) is 0 Å². The van der Waals surface area contributed by atoms with Crippen molar-refractivity contribution in [3.8, 4) is 11.3 Å². The highest BCUT2D eigenvalue weighted by molar-refractivity contribution is 6.01. The predicted molar refractivity (Wildman–Crippen MR) is 123 cm³/mol. The molecule has 2 aromatic carbocycles. The van der Waals surface area contributed by atoms with Gasteiger partial charge in [-0.15, -0.1) is 0 Å². The van der Waals surface area contributed by atoms with Gasteiger partial charge in [0, 0.05) is 35.6 Å². The van der Waals surface area contributed by atoms with Gasteiger partial charge in [0.15, 0.2) is 0 Å². The predicted octanol–water partition coefficient (Wildman–Crippen LogP) is 6.04. The number of rotatable bonds is 5. The van der Waals surface area contributed by atoms with Crippen LogP contribution in [0.3, 0.4) is 0 Å². The molecular weight excluding hydrogens is 506 g/mol. The van der Waals surface area contributed by atoms with E-state index in [0.29, 0.717) is 11.9 Å². The number of methoxy groups -OCH3 is 1. The van der Waals surface area contributed by atoms with Crippen molar-refractivity contribution in [1.29, 1.82) is 0 Å². The fraction of sp³-hybridized carbons (Fsp3) is 0.174. The van der Waals surface area contributed by atoms with E-state index in [1.165, 1.54) is 0 Å². The number of hydrogen-bond acceptors (Lipinski definition) is 6. The van der Waals surface area contributed by atoms with Crippen molar-refractivity contribution >= 4 is 34.3 Å². The van der Waals surface area contributed by atoms with E-state index in [1.807, 2.05) is 5.32 Å². The number of hydrogen-bond donors (Lipinski definition) is 4. The highest BCUT2D eigenvalue weighted by Gasteiger charge is 2.39. The largest absolute Gasteiger partial charge is 0.453 e. The van der Waals surface area contributed by atoms with E-state index in [2.05, 4.69) is 25.0 Å². The maximum absolute atomic E-state index is 13.9. The molecule has 0 atom stereocenters. The number of aromatic amines is 1. The van der Waals surface area contributed by atoms with E-state index in [-0.39, 0.29) is 23.4 Å². The van der Waals surface area contributed by atoms with Gasteiger partial charge in [0.1, 0.15) is 11.1 Å². The van der Waals surface area contributed by atoms with Crippen molar-refractivity contribution in [2.75, 3.05) is 17.7 Å². The third-order valence-electron chi connectivity index (χ3n) is 5.33. The molecule has 0 saturated carbocycles. The second-order valence-corrected chi connectivity index (χ2v) is 7.71. The Kier molecular flexibility index (Phi) is 6.69. The summed E-state index contributed by atoms with van der Waals surface area (Å²) in [5.41, 5.74) is 2.18. The van der Waals surface area contributed by atoms with E-state index in [9.17, 15) is 31.1 Å². The summed E-state index contributed by atoms with van der Waals surface area (Å²) in [5.74, 6) is -0.216. The first-order chi connectivity index (χ1) is 17.4. The molecular formula is C23H18F6N6O2. The van der Waals surface area contributed by atoms with Gasteiger partial charge >= 0.3 is 18.4 Å². The minimum atomic E-state index is -4.97. The van der Waals surface area contributed by atoms with Crippen LogP contribution < -0.4 is 16.4 Å². The summed E-state index contributed by atoms with van der Waals surface area (Å²) < 4.78 is 87.7. The molecule has 0 fully saturated rings. The van der Waals surface area contributed by atoms with Crippen LogP contribution in [0.4, 0.5) is 48.5 Å². The zero-order valence-electron chi connectivity index (χ0n) is 18.9. The van der Waals surface area contributed by atoms with Gasteiger partial charge in [-0.05, 0) is 23.8 Å². The lowest BCUT2D eigenvalue weighted by Gasteiger charge is -2.16. The highest BCUT2D eigenvalue weighted by Crippen LogP contribution is 2.44. The molecule has 0 saturated heterocycles. The van der Waals surface area contributed by atoms with Gasteiger partial charge in [0.25, 0.3) is 0 Å². The lowest BCUT2D eigenvalue weighted by atomic mass is 10.0. The molecule has 8 nitrogen and oxygen atoms in total. The maximum Gasteiger partial charge on any atom is 0.420 e. The van der Waals surface area contributed by atoms with Crippen molar-refractivity contribution in [2.24, 2.45) is 5.73 Å². The van der Waals surface area contributed by atoms with Gasteiger partial charge in [0.2, 0.25) is 5.95 Å². The summed E-state index contributed by atoms with van der Waals surface area (Å²) in [5, 5.41) is 4.54. The fourth-order valence-electron chi connectivity index (χ4n) is 3.71. The van der Waals surface area contributed by atoms with Crippen LogP contribution in [-0.2, 0) is 23.6 Å². The SMILES string of the molecule is COC(=O)Nc1ccc2c(-c3nc(Nc4cccc(CN)c4)ncc3C(F)(F)F)c[nH]c2c1C(F)(F)F. The summed E-state index contributed by atoms with van der Waals surface area (Å²) in [4.78, 5) is 21.6. The lowest BCUT2D eigenvalue weighted by Crippen LogP contribution is -2.16. The molecule has 2 aromatic heterocycles. The number of nitrogens with zero attached hydrogens (tertiary/aromatic N) is 2. The average molecular weight is 524 g/mol. The molecule has 14 heteroatoms. The van der Waals surface area contributed by atoms with Gasteiger partial charge in [-0.25, -0.2) is 14.8 Å². The van der Waals surface area contributed by atoms with Crippen LogP contribution in [0.15, 0.2) is 48.8 Å². The highest BCUT2D eigenvalue weighted by atomic mass is 19.4. The Labute approximate surface area is 204 Å². The zero-order valence-corrected chi connectivity index (χ0v) is 18.9. The van der Waals surface area contributed by atoms with Gasteiger partial charge in [-0.3, -0.25) is 5.32 Å². The second-order valence-electron chi connectivity index (χ2n) is 7.71. The Bertz CT molecular complexity index is 1460. The molecule has 0 aliphatic carbocycles. The third-order valence-corrected chi connectivity index (χ3v) is 5.33. The van der Waals surface area contributed by atoms with Crippen LogP contribution in [0, 0.1) is 0 Å². The summed E-state index contributed by atoms with van der Waals surface area (Å²) in [7, 11) is 0.972. The van der Waals surface area contributed by atoms with E-state index >= 15 is 0 Å². The molecule has 1 amide bonds. The smallest absolute Gasteiger partial charge is 0.420 e. The lowest BCUT2D eigenvalue weighted by molar-refractivity contribution is -0.137. The summed E-state index contributed by atoms with van der Waals surface area (Å²) in [6.07, 6.45) is -9.50. The minimum absolute atomic E-state index is 0.206. The molecule has 0 spiro atoms. The third kappa shape index (κ3) is 5.28. The van der Waals surface area contributed by atoms with Crippen molar-refractivity contribution in [3.05, 3.63) is 65.5 Å². The van der Waals surface area contributed by atoms with Gasteiger partial charge in [0.05, 0.1) is 24.0 Å². The standard InChI is InChI=1S/C23H18F6N6O2/c1-37-21(36)34-16-6-5-13-14(9-31-19(13)17(16)23(27,28)29)18-15(22(24,25)26)10-32-20(35-18)33-12-4-2-3-11(7-12)8-30/h2-7,9-10,31H,8,30H2,1H3,(H,34,36)(H,32,33,35). The molecule has 4 aromatic rings. The summed E-state index contributed by atoms with van der Waals surface area (Å²) in [6.45, 7) is 0.221. The molecule has 0 aliphatic rings. The normalized spacial score (nSPS) is 12.0. The first-order valence-electron chi connectivity index (χ1n) is 10.5. The number of alkyl halides is 6. The molecule has 5 N–H and O–H groups in total. The van der Waals surface area contributed by atoms with Gasteiger partial charge in [-0.2, -0.15) is 26.3 Å². The fourth-order valence-corrected chi connectivity index (χ4v) is 3.71.